The van der Waals surface area contributed by atoms with Crippen molar-refractivity contribution in [2.75, 3.05) is 0 Å². The molecule has 0 atom stereocenters. The quantitative estimate of drug-likeness (QED) is 0.141. The highest BCUT2D eigenvalue weighted by molar-refractivity contribution is 4.92. The highest BCUT2D eigenvalue weighted by Crippen LogP contribution is 2.04. The van der Waals surface area contributed by atoms with E-state index in [2.05, 4.69) is 173 Å². The van der Waals surface area contributed by atoms with Crippen molar-refractivity contribution in [1.29, 1.82) is 0 Å². The second kappa shape index (κ2) is 74.5. The Hall–Kier alpha value is -6.53. The molecule has 480 valence electrons. The normalized spacial score (nSPS) is 8.68. The predicted octanol–water partition coefficient (Wildman–Crippen LogP) is 19.4. The average Bonchev–Trinajstić information content (AvgIpc) is 4.34. The van der Waals surface area contributed by atoms with Gasteiger partial charge in [0.2, 0.25) is 0 Å². The lowest BCUT2D eigenvalue weighted by atomic mass is 10.4. The summed E-state index contributed by atoms with van der Waals surface area (Å²) in [7, 11) is 0. The van der Waals surface area contributed by atoms with Crippen molar-refractivity contribution in [2.45, 2.75) is 285 Å². The summed E-state index contributed by atoms with van der Waals surface area (Å²) >= 11 is 0. The van der Waals surface area contributed by atoms with Gasteiger partial charge in [-0.25, -0.2) is 9.67 Å². The fourth-order valence-electron chi connectivity index (χ4n) is 4.41. The lowest BCUT2D eigenvalue weighted by molar-refractivity contribution is 0.466. The van der Waals surface area contributed by atoms with Crippen molar-refractivity contribution >= 4 is 0 Å². The Kier molecular flexibility index (Phi) is 88.7. The minimum Gasteiger partial charge on any atom is -0.352 e. The molecule has 8 aromatic heterocycles. The van der Waals surface area contributed by atoms with Crippen LogP contribution in [0.15, 0.2) is 130 Å². The fourth-order valence-corrected chi connectivity index (χ4v) is 4.41. The largest absolute Gasteiger partial charge is 0.352 e. The molecule has 0 aliphatic rings. The molecule has 82 heavy (non-hydrogen) atoms. The first-order valence-electron chi connectivity index (χ1n) is 29.9. The minimum atomic E-state index is 0. The molecule has 0 amide bonds. The maximum Gasteiger partial charge on any atom is 0.138 e. The van der Waals surface area contributed by atoms with E-state index >= 15 is 0 Å². The zero-order valence-corrected chi connectivity index (χ0v) is 57.2. The molecule has 0 radical (unpaired) electrons. The number of rotatable bonds is 8. The van der Waals surface area contributed by atoms with Gasteiger partial charge in [0, 0.05) is 91.9 Å². The van der Waals surface area contributed by atoms with Gasteiger partial charge in [-0.1, -0.05) is 126 Å². The van der Waals surface area contributed by atoms with Crippen LogP contribution in [0.25, 0.3) is 0 Å². The molecule has 8 rings (SSSR count). The molecule has 8 aromatic rings. The van der Waals surface area contributed by atoms with E-state index in [1.807, 2.05) is 201 Å². The summed E-state index contributed by atoms with van der Waals surface area (Å²) in [5, 5.41) is 37.8. The third kappa shape index (κ3) is 58.1. The maximum atomic E-state index is 4.03. The van der Waals surface area contributed by atoms with Crippen molar-refractivity contribution in [1.82, 2.24) is 93.4 Å². The molecule has 0 aliphatic carbocycles. The van der Waals surface area contributed by atoms with Gasteiger partial charge in [-0.2, -0.15) is 30.3 Å². The Bertz CT molecular complexity index is 1600. The van der Waals surface area contributed by atoms with Gasteiger partial charge in [-0.3, -0.25) is 14.0 Å². The van der Waals surface area contributed by atoms with Gasteiger partial charge >= 0.3 is 0 Å². The van der Waals surface area contributed by atoms with Gasteiger partial charge in [0.1, 0.15) is 31.6 Å². The molecule has 0 aliphatic heterocycles. The Morgan fingerprint density at radius 1 is 0.268 bits per heavy atom. The second-order valence-corrected chi connectivity index (χ2v) is 16.4. The molecule has 0 unspecified atom stereocenters. The van der Waals surface area contributed by atoms with Crippen molar-refractivity contribution in [3.63, 3.8) is 0 Å². The first kappa shape index (κ1) is 97.6. The molecule has 0 saturated heterocycles. The highest BCUT2D eigenvalue weighted by Gasteiger charge is 1.97. The first-order chi connectivity index (χ1) is 38.4. The van der Waals surface area contributed by atoms with Crippen molar-refractivity contribution in [3.05, 3.63) is 130 Å². The van der Waals surface area contributed by atoms with Crippen LogP contribution in [0, 0.1) is 0 Å². The first-order valence-corrected chi connectivity index (χ1v) is 29.9. The van der Waals surface area contributed by atoms with Crippen LogP contribution >= 0.6 is 0 Å². The lowest BCUT2D eigenvalue weighted by Gasteiger charge is -2.03. The van der Waals surface area contributed by atoms with E-state index in [-0.39, 0.29) is 14.9 Å². The summed E-state index contributed by atoms with van der Waals surface area (Å²) in [5.74, 6) is 0. The lowest BCUT2D eigenvalue weighted by Crippen LogP contribution is -2.03. The molecule has 19 nitrogen and oxygen atoms in total. The van der Waals surface area contributed by atoms with E-state index in [0.717, 1.165) is 0 Å². The summed E-state index contributed by atoms with van der Waals surface area (Å²) < 4.78 is 13.6. The maximum absolute atomic E-state index is 4.03. The number of aromatic nitrogens is 19. The summed E-state index contributed by atoms with van der Waals surface area (Å²) in [6, 6.07) is 15.9. The van der Waals surface area contributed by atoms with Crippen LogP contribution in [0.4, 0.5) is 0 Å². The standard InChI is InChI=1S/2C7H11N.2C6H10N2.3C5H9N3.C4H8N4.8C2H6.2CH4/c2*1-7(2)8-5-3-4-6-8;2*1-6(2)8-5-3-4-7-8;1-5(2)8-3-6-7-4-8;1-5(2)8-4-6-3-7-8;1-5(2)8-6-3-4-7-8;1-4(2)8-3-5-6-7-8;8*1-2;;/h2*3-7H,1-2H3;2*3-6H,1-2H3;3*3-5H,1-2H3;3-4H,1-2H3;8*1-2H3;2*1H4. The molecule has 0 fully saturated rings. The van der Waals surface area contributed by atoms with Crippen molar-refractivity contribution < 1.29 is 0 Å². The van der Waals surface area contributed by atoms with Crippen molar-refractivity contribution in [2.24, 2.45) is 0 Å². The van der Waals surface area contributed by atoms with Crippen molar-refractivity contribution in [3.8, 4) is 0 Å². The molecule has 0 N–H and O–H groups in total. The number of nitrogens with zero attached hydrogens (tertiary/aromatic N) is 19. The summed E-state index contributed by atoms with van der Waals surface area (Å²) in [6.07, 6.45) is 27.4. The van der Waals surface area contributed by atoms with Gasteiger partial charge in [0.05, 0.1) is 18.4 Å². The molecule has 0 aromatic carbocycles. The molecule has 19 heteroatoms. The molecule has 0 saturated carbocycles. The van der Waals surface area contributed by atoms with Crippen LogP contribution < -0.4 is 0 Å². The van der Waals surface area contributed by atoms with Gasteiger partial charge in [-0.05, 0) is 158 Å². The Morgan fingerprint density at radius 3 is 0.744 bits per heavy atom. The number of hydrogen-bond acceptors (Lipinski definition) is 11. The van der Waals surface area contributed by atoms with E-state index in [9.17, 15) is 0 Å². The Labute approximate surface area is 506 Å². The average molecular weight is 1160 g/mol. The number of tetrazole rings is 1. The highest BCUT2D eigenvalue weighted by atomic mass is 15.5. The van der Waals surface area contributed by atoms with Crippen LogP contribution in [0.5, 0.6) is 0 Å². The zero-order chi connectivity index (χ0) is 63.9. The molecule has 0 bridgehead atoms. The number of hydrogen-bond donors (Lipinski definition) is 0. The van der Waals surface area contributed by atoms with E-state index < -0.39 is 0 Å². The molecule has 8 heterocycles. The van der Waals surface area contributed by atoms with Gasteiger partial charge in [0.15, 0.2) is 0 Å². The fraction of sp³-hybridized carbons (Fsp3) is 0.667. The van der Waals surface area contributed by atoms with E-state index in [1.165, 1.54) is 0 Å². The minimum absolute atomic E-state index is 0. The van der Waals surface area contributed by atoms with Crippen LogP contribution in [0.3, 0.4) is 0 Å². The Balaban J connectivity index is -0.0000000868. The SMILES string of the molecule is C.C.CC.CC.CC.CC.CC.CC.CC.CC.CC(C)n1cccc1.CC(C)n1cccc1.CC(C)n1cccn1.CC(C)n1cccn1.CC(C)n1cncn1.CC(C)n1cnnc1.CC(C)n1cnnn1.CC(C)n1nccn1. The third-order valence-corrected chi connectivity index (χ3v) is 8.35. The van der Waals surface area contributed by atoms with E-state index in [0.29, 0.717) is 48.3 Å². The van der Waals surface area contributed by atoms with Crippen LogP contribution in [-0.2, 0) is 0 Å². The van der Waals surface area contributed by atoms with Crippen LogP contribution in [-0.4, -0.2) is 93.4 Å². The molecular formula is C63H133N19. The summed E-state index contributed by atoms with van der Waals surface area (Å²) in [4.78, 5) is 5.46. The van der Waals surface area contributed by atoms with Gasteiger partial charge < -0.3 is 13.7 Å². The summed E-state index contributed by atoms with van der Waals surface area (Å²) in [5.41, 5.74) is 0. The molecular weight excluding hydrogens is 1020 g/mol. The van der Waals surface area contributed by atoms with E-state index in [4.69, 9.17) is 0 Å². The topological polar surface area (TPSA) is 181 Å². The molecule has 0 spiro atoms. The van der Waals surface area contributed by atoms with E-state index in [1.54, 1.807) is 70.6 Å². The second-order valence-electron chi connectivity index (χ2n) is 16.4. The van der Waals surface area contributed by atoms with Gasteiger partial charge in [0.25, 0.3) is 0 Å². The third-order valence-electron chi connectivity index (χ3n) is 8.35. The smallest absolute Gasteiger partial charge is 0.138 e. The zero-order valence-electron chi connectivity index (χ0n) is 57.2. The van der Waals surface area contributed by atoms with Crippen LogP contribution in [0.1, 0.15) is 285 Å². The monoisotopic (exact) mass is 1160 g/mol. The van der Waals surface area contributed by atoms with Crippen LogP contribution in [0.2, 0.25) is 0 Å². The summed E-state index contributed by atoms with van der Waals surface area (Å²) in [6.45, 7) is 65.5. The van der Waals surface area contributed by atoms with Gasteiger partial charge in [-0.15, -0.1) is 15.3 Å². The predicted molar refractivity (Wildman–Crippen MR) is 359 cm³/mol. The Morgan fingerprint density at radius 2 is 0.598 bits per heavy atom.